The second-order valence-corrected chi connectivity index (χ2v) is 5.91. The maximum absolute atomic E-state index is 11.9. The van der Waals surface area contributed by atoms with Gasteiger partial charge in [0.1, 0.15) is 13.1 Å². The minimum Gasteiger partial charge on any atom is -1.00 e. The monoisotopic (exact) mass is 285 g/mol. The smallest absolute Gasteiger partial charge is 0.190 e. The third kappa shape index (κ3) is 2.56. The first kappa shape index (κ1) is 13.9. The Hall–Kier alpha value is -0.570. The molecule has 18 heavy (non-hydrogen) atoms. The van der Waals surface area contributed by atoms with Crippen LogP contribution in [-0.2, 0) is 11.3 Å². The van der Waals surface area contributed by atoms with Gasteiger partial charge in [-0.2, -0.15) is 0 Å². The third-order valence-electron chi connectivity index (χ3n) is 4.28. The number of piperidine rings is 3. The zero-order chi connectivity index (χ0) is 11.9. The molecule has 1 aromatic rings. The number of hydrogen-bond donors (Lipinski definition) is 0. The summed E-state index contributed by atoms with van der Waals surface area (Å²) in [4.78, 5) is 11.9. The fourth-order valence-electron chi connectivity index (χ4n) is 3.25. The van der Waals surface area contributed by atoms with Crippen molar-refractivity contribution in [2.75, 3.05) is 19.6 Å². The second-order valence-electron chi connectivity index (χ2n) is 5.47. The predicted octanol–water partition coefficient (Wildman–Crippen LogP) is -0.346. The average Bonchev–Trinajstić information content (AvgIpc) is 2.33. The number of ketones is 1. The minimum atomic E-state index is 0. The summed E-state index contributed by atoms with van der Waals surface area (Å²) in [5, 5.41) is 0.780. The highest BCUT2D eigenvalue weighted by atomic mass is 35.5. The summed E-state index contributed by atoms with van der Waals surface area (Å²) in [5.41, 5.74) is 1.29. The van der Waals surface area contributed by atoms with Crippen LogP contribution in [0.25, 0.3) is 0 Å². The summed E-state index contributed by atoms with van der Waals surface area (Å²) in [6.07, 6.45) is 2.18. The fraction of sp³-hybridized carbons (Fsp3) is 0.500. The lowest BCUT2D eigenvalue weighted by molar-refractivity contribution is -0.943. The van der Waals surface area contributed by atoms with E-state index in [1.165, 1.54) is 18.7 Å². The zero-order valence-electron chi connectivity index (χ0n) is 10.2. The van der Waals surface area contributed by atoms with Crippen LogP contribution in [-0.4, -0.2) is 29.9 Å². The highest BCUT2D eigenvalue weighted by Gasteiger charge is 2.44. The van der Waals surface area contributed by atoms with Crippen molar-refractivity contribution in [3.63, 3.8) is 0 Å². The molecule has 3 aliphatic rings. The molecule has 0 unspecified atom stereocenters. The van der Waals surface area contributed by atoms with Gasteiger partial charge in [-0.25, -0.2) is 0 Å². The van der Waals surface area contributed by atoms with Crippen LogP contribution < -0.4 is 12.4 Å². The highest BCUT2D eigenvalue weighted by Crippen LogP contribution is 2.33. The molecule has 0 radical (unpaired) electrons. The van der Waals surface area contributed by atoms with E-state index in [0.717, 1.165) is 35.4 Å². The van der Waals surface area contributed by atoms with Crippen LogP contribution in [0, 0.1) is 5.92 Å². The van der Waals surface area contributed by atoms with Gasteiger partial charge in [-0.1, -0.05) is 23.7 Å². The molecule has 0 saturated carbocycles. The Labute approximate surface area is 119 Å². The Morgan fingerprint density at radius 1 is 1.17 bits per heavy atom. The Morgan fingerprint density at radius 3 is 2.33 bits per heavy atom. The van der Waals surface area contributed by atoms with E-state index in [9.17, 15) is 4.79 Å². The van der Waals surface area contributed by atoms with Gasteiger partial charge in [0.2, 0.25) is 0 Å². The maximum Gasteiger partial charge on any atom is 0.190 e. The lowest BCUT2D eigenvalue weighted by Gasteiger charge is -2.48. The highest BCUT2D eigenvalue weighted by molar-refractivity contribution is 6.30. The van der Waals surface area contributed by atoms with Gasteiger partial charge in [0.05, 0.1) is 13.1 Å². The van der Waals surface area contributed by atoms with Gasteiger partial charge >= 0.3 is 0 Å². The quantitative estimate of drug-likeness (QED) is 0.680. The number of carbonyl (C=O) groups is 1. The lowest BCUT2D eigenvalue weighted by atomic mass is 9.84. The van der Waals surface area contributed by atoms with Gasteiger partial charge < -0.3 is 16.9 Å². The molecule has 0 atom stereocenters. The van der Waals surface area contributed by atoms with E-state index < -0.39 is 0 Å². The Kier molecular flexibility index (Phi) is 4.00. The number of quaternary nitrogens is 1. The van der Waals surface area contributed by atoms with Gasteiger partial charge in [-0.05, 0) is 12.1 Å². The average molecular weight is 286 g/mol. The summed E-state index contributed by atoms with van der Waals surface area (Å²) in [5.74, 6) is 0.858. The molecule has 0 aliphatic carbocycles. The summed E-state index contributed by atoms with van der Waals surface area (Å²) in [7, 11) is 0. The first-order valence-corrected chi connectivity index (χ1v) is 6.67. The van der Waals surface area contributed by atoms with Crippen LogP contribution in [0.5, 0.6) is 0 Å². The van der Waals surface area contributed by atoms with Crippen LogP contribution in [0.15, 0.2) is 24.3 Å². The lowest BCUT2D eigenvalue weighted by Crippen LogP contribution is -3.00. The molecule has 3 aliphatic heterocycles. The van der Waals surface area contributed by atoms with Crippen molar-refractivity contribution < 1.29 is 21.7 Å². The molecule has 3 saturated heterocycles. The molecule has 0 spiro atoms. The molecule has 4 heteroatoms. The van der Waals surface area contributed by atoms with Gasteiger partial charge in [0.25, 0.3) is 0 Å². The molecule has 0 aromatic heterocycles. The summed E-state index contributed by atoms with van der Waals surface area (Å²) >= 11 is 5.89. The molecule has 3 heterocycles. The second kappa shape index (κ2) is 5.20. The molecule has 1 aromatic carbocycles. The first-order chi connectivity index (χ1) is 8.17. The van der Waals surface area contributed by atoms with Crippen LogP contribution >= 0.6 is 11.6 Å². The van der Waals surface area contributed by atoms with E-state index in [2.05, 4.69) is 12.1 Å². The number of rotatable bonds is 2. The Morgan fingerprint density at radius 2 is 1.78 bits per heavy atom. The molecule has 0 amide bonds. The van der Waals surface area contributed by atoms with Crippen molar-refractivity contribution >= 4 is 17.4 Å². The normalized spacial score (nSPS) is 30.1. The number of nitrogens with zero attached hydrogens (tertiary/aromatic N) is 1. The summed E-state index contributed by atoms with van der Waals surface area (Å²) in [6.45, 7) is 4.06. The Bertz CT molecular complexity index is 436. The van der Waals surface area contributed by atoms with Crippen molar-refractivity contribution in [2.24, 2.45) is 5.92 Å². The summed E-state index contributed by atoms with van der Waals surface area (Å²) in [6, 6.07) is 8.04. The van der Waals surface area contributed by atoms with E-state index in [0.29, 0.717) is 11.7 Å². The number of benzene rings is 1. The summed E-state index contributed by atoms with van der Waals surface area (Å²) < 4.78 is 0.969. The molecular weight excluding hydrogens is 269 g/mol. The van der Waals surface area contributed by atoms with E-state index in [1.807, 2.05) is 12.1 Å². The SMILES string of the molecule is O=C1C[N+]2(Cc3ccc(Cl)cc3)CCC1CC2.[Cl-]. The van der Waals surface area contributed by atoms with Crippen LogP contribution in [0.4, 0.5) is 0 Å². The number of fused-ring (bicyclic) bond motifs is 3. The fourth-order valence-corrected chi connectivity index (χ4v) is 3.37. The minimum absolute atomic E-state index is 0. The van der Waals surface area contributed by atoms with Crippen molar-refractivity contribution in [3.8, 4) is 0 Å². The number of hydrogen-bond acceptors (Lipinski definition) is 1. The molecule has 98 valence electrons. The molecule has 4 rings (SSSR count). The number of Topliss-reactive ketones (excluding diaryl/α,β-unsaturated/α-hetero) is 1. The zero-order valence-corrected chi connectivity index (χ0v) is 11.8. The number of carbonyl (C=O) groups excluding carboxylic acids is 1. The molecular formula is C14H17Cl2NO. The van der Waals surface area contributed by atoms with Gasteiger partial charge in [-0.15, -0.1) is 0 Å². The van der Waals surface area contributed by atoms with Crippen molar-refractivity contribution in [1.82, 2.24) is 0 Å². The molecule has 0 N–H and O–H groups in total. The van der Waals surface area contributed by atoms with E-state index in [1.54, 1.807) is 0 Å². The van der Waals surface area contributed by atoms with E-state index in [-0.39, 0.29) is 12.4 Å². The standard InChI is InChI=1S/C14H17ClNO.ClH/c15-13-3-1-11(2-4-13)9-16-7-5-12(6-8-16)14(17)10-16;/h1-4,12H,5-10H2;1H/q+1;/p-1. The first-order valence-electron chi connectivity index (χ1n) is 6.29. The van der Waals surface area contributed by atoms with E-state index >= 15 is 0 Å². The van der Waals surface area contributed by atoms with Crippen LogP contribution in [0.1, 0.15) is 18.4 Å². The number of halogens is 2. The maximum atomic E-state index is 11.9. The topological polar surface area (TPSA) is 17.1 Å². The van der Waals surface area contributed by atoms with Crippen molar-refractivity contribution in [3.05, 3.63) is 34.9 Å². The van der Waals surface area contributed by atoms with Crippen molar-refractivity contribution in [2.45, 2.75) is 19.4 Å². The molecule has 2 nitrogen and oxygen atoms in total. The molecule has 3 fully saturated rings. The van der Waals surface area contributed by atoms with Crippen LogP contribution in [0.3, 0.4) is 0 Å². The van der Waals surface area contributed by atoms with Crippen LogP contribution in [0.2, 0.25) is 5.02 Å². The van der Waals surface area contributed by atoms with Gasteiger partial charge in [0, 0.05) is 29.3 Å². The Balaban J connectivity index is 0.00000120. The van der Waals surface area contributed by atoms with Crippen molar-refractivity contribution in [1.29, 1.82) is 0 Å². The van der Waals surface area contributed by atoms with Gasteiger partial charge in [0.15, 0.2) is 5.78 Å². The third-order valence-corrected chi connectivity index (χ3v) is 4.53. The largest absolute Gasteiger partial charge is 1.00 e. The molecule has 2 bridgehead atoms. The predicted molar refractivity (Wildman–Crippen MR) is 67.7 cm³/mol. The van der Waals surface area contributed by atoms with E-state index in [4.69, 9.17) is 11.6 Å². The van der Waals surface area contributed by atoms with Gasteiger partial charge in [-0.3, -0.25) is 4.79 Å².